The van der Waals surface area contributed by atoms with Gasteiger partial charge in [-0.1, -0.05) is 18.2 Å². The fourth-order valence-electron chi connectivity index (χ4n) is 2.80. The molecule has 2 aromatic carbocycles. The number of benzene rings is 2. The summed E-state index contributed by atoms with van der Waals surface area (Å²) in [6, 6.07) is 12.8. The molecule has 0 unspecified atom stereocenters. The van der Waals surface area contributed by atoms with Crippen molar-refractivity contribution in [1.29, 1.82) is 0 Å². The standard InChI is InChI=1S/C22H21NO5/c1-13-9-18-17(11-20(24)28-19(18)10-14(13)2)12-27-22(26)15(3)23-21(25)16-7-5-4-6-8-16/h4-11,15H,12H2,1-3H3,(H,23,25)/t15-/m0/s1. The molecule has 1 N–H and O–H groups in total. The van der Waals surface area contributed by atoms with E-state index in [4.69, 9.17) is 9.15 Å². The Morgan fingerprint density at radius 1 is 1.07 bits per heavy atom. The topological polar surface area (TPSA) is 85.6 Å². The number of hydrogen-bond acceptors (Lipinski definition) is 5. The third-order valence-electron chi connectivity index (χ3n) is 4.55. The molecule has 1 atom stereocenters. The minimum atomic E-state index is -0.830. The first-order valence-electron chi connectivity index (χ1n) is 8.91. The van der Waals surface area contributed by atoms with E-state index < -0.39 is 17.6 Å². The summed E-state index contributed by atoms with van der Waals surface area (Å²) in [6.07, 6.45) is 0. The van der Waals surface area contributed by atoms with E-state index in [1.54, 1.807) is 43.3 Å². The zero-order valence-electron chi connectivity index (χ0n) is 15.9. The van der Waals surface area contributed by atoms with Crippen molar-refractivity contribution in [3.8, 4) is 0 Å². The van der Waals surface area contributed by atoms with Crippen LogP contribution in [0.15, 0.2) is 57.7 Å². The first kappa shape index (κ1) is 19.4. The molecule has 3 aromatic rings. The predicted octanol–water partition coefficient (Wildman–Crippen LogP) is 3.27. The van der Waals surface area contributed by atoms with Crippen LogP contribution in [0.3, 0.4) is 0 Å². The van der Waals surface area contributed by atoms with Crippen molar-refractivity contribution in [2.45, 2.75) is 33.4 Å². The van der Waals surface area contributed by atoms with Crippen LogP contribution >= 0.6 is 0 Å². The van der Waals surface area contributed by atoms with Crippen molar-refractivity contribution in [3.05, 3.63) is 81.2 Å². The number of nitrogens with one attached hydrogen (secondary N) is 1. The van der Waals surface area contributed by atoms with E-state index in [0.717, 1.165) is 16.5 Å². The van der Waals surface area contributed by atoms with Crippen LogP contribution in [0.2, 0.25) is 0 Å². The van der Waals surface area contributed by atoms with Gasteiger partial charge >= 0.3 is 11.6 Å². The minimum Gasteiger partial charge on any atom is -0.459 e. The molecule has 0 saturated heterocycles. The second-order valence-corrected chi connectivity index (χ2v) is 6.69. The Labute approximate surface area is 162 Å². The Hall–Kier alpha value is -3.41. The first-order valence-corrected chi connectivity index (χ1v) is 8.91. The van der Waals surface area contributed by atoms with Crippen molar-refractivity contribution in [2.24, 2.45) is 0 Å². The number of hydrogen-bond donors (Lipinski definition) is 1. The lowest BCUT2D eigenvalue weighted by Crippen LogP contribution is -2.39. The molecule has 0 radical (unpaired) electrons. The summed E-state index contributed by atoms with van der Waals surface area (Å²) in [5, 5.41) is 3.32. The average Bonchev–Trinajstić information content (AvgIpc) is 2.67. The van der Waals surface area contributed by atoms with Gasteiger partial charge in [0.15, 0.2) is 0 Å². The highest BCUT2D eigenvalue weighted by molar-refractivity contribution is 5.96. The monoisotopic (exact) mass is 379 g/mol. The number of rotatable bonds is 5. The molecule has 0 saturated carbocycles. The molecule has 1 aromatic heterocycles. The van der Waals surface area contributed by atoms with E-state index in [-0.39, 0.29) is 12.5 Å². The quantitative estimate of drug-likeness (QED) is 0.543. The van der Waals surface area contributed by atoms with Crippen LogP contribution in [0.1, 0.15) is 34.0 Å². The van der Waals surface area contributed by atoms with Gasteiger partial charge in [0.2, 0.25) is 0 Å². The smallest absolute Gasteiger partial charge is 0.336 e. The molecule has 6 nitrogen and oxygen atoms in total. The summed E-state index contributed by atoms with van der Waals surface area (Å²) in [5.41, 5.74) is 3.00. The van der Waals surface area contributed by atoms with Gasteiger partial charge in [-0.2, -0.15) is 0 Å². The number of esters is 1. The molecule has 1 heterocycles. The minimum absolute atomic E-state index is 0.0883. The van der Waals surface area contributed by atoms with Crippen molar-refractivity contribution >= 4 is 22.8 Å². The van der Waals surface area contributed by atoms with E-state index >= 15 is 0 Å². The molecule has 3 rings (SSSR count). The van der Waals surface area contributed by atoms with E-state index in [0.29, 0.717) is 16.7 Å². The molecule has 1 amide bonds. The molecule has 0 bridgehead atoms. The Morgan fingerprint density at radius 2 is 1.75 bits per heavy atom. The van der Waals surface area contributed by atoms with Crippen molar-refractivity contribution in [3.63, 3.8) is 0 Å². The lowest BCUT2D eigenvalue weighted by Gasteiger charge is -2.14. The highest BCUT2D eigenvalue weighted by Gasteiger charge is 2.19. The van der Waals surface area contributed by atoms with E-state index in [2.05, 4.69) is 5.32 Å². The van der Waals surface area contributed by atoms with E-state index in [9.17, 15) is 14.4 Å². The normalized spacial score (nSPS) is 11.8. The Kier molecular flexibility index (Phi) is 5.59. The maximum Gasteiger partial charge on any atom is 0.336 e. The van der Waals surface area contributed by atoms with Crippen LogP contribution < -0.4 is 10.9 Å². The number of amides is 1. The highest BCUT2D eigenvalue weighted by Crippen LogP contribution is 2.22. The molecule has 6 heteroatoms. The summed E-state index contributed by atoms with van der Waals surface area (Å²) < 4.78 is 10.6. The van der Waals surface area contributed by atoms with Gasteiger partial charge < -0.3 is 14.5 Å². The number of carbonyl (C=O) groups is 2. The molecule has 28 heavy (non-hydrogen) atoms. The second kappa shape index (κ2) is 8.08. The number of ether oxygens (including phenoxy) is 1. The zero-order chi connectivity index (χ0) is 20.3. The summed E-state index contributed by atoms with van der Waals surface area (Å²) in [4.78, 5) is 36.3. The van der Waals surface area contributed by atoms with Crippen LogP contribution in [0, 0.1) is 13.8 Å². The van der Waals surface area contributed by atoms with Crippen LogP contribution in [0.4, 0.5) is 0 Å². The molecule has 0 aliphatic rings. The molecule has 0 spiro atoms. The van der Waals surface area contributed by atoms with Gasteiger partial charge in [0, 0.05) is 22.6 Å². The van der Waals surface area contributed by atoms with Crippen molar-refractivity contribution < 1.29 is 18.7 Å². The van der Waals surface area contributed by atoms with Gasteiger partial charge in [0.1, 0.15) is 18.2 Å². The molecule has 144 valence electrons. The Balaban J connectivity index is 1.71. The fourth-order valence-corrected chi connectivity index (χ4v) is 2.80. The molecular formula is C22H21NO5. The lowest BCUT2D eigenvalue weighted by molar-refractivity contribution is -0.146. The fraction of sp³-hybridized carbons (Fsp3) is 0.227. The van der Waals surface area contributed by atoms with E-state index in [1.807, 2.05) is 19.9 Å². The third kappa shape index (κ3) is 4.28. The first-order chi connectivity index (χ1) is 13.3. The van der Waals surface area contributed by atoms with Crippen LogP contribution in [-0.4, -0.2) is 17.9 Å². The van der Waals surface area contributed by atoms with Crippen LogP contribution in [0.5, 0.6) is 0 Å². The maximum absolute atomic E-state index is 12.3. The molecule has 0 fully saturated rings. The van der Waals surface area contributed by atoms with Gasteiger partial charge in [-0.05, 0) is 56.2 Å². The summed E-state index contributed by atoms with van der Waals surface area (Å²) in [5.74, 6) is -0.948. The maximum atomic E-state index is 12.3. The summed E-state index contributed by atoms with van der Waals surface area (Å²) >= 11 is 0. The lowest BCUT2D eigenvalue weighted by atomic mass is 10.0. The second-order valence-electron chi connectivity index (χ2n) is 6.69. The van der Waals surface area contributed by atoms with Crippen molar-refractivity contribution in [1.82, 2.24) is 5.32 Å². The van der Waals surface area contributed by atoms with Crippen LogP contribution in [-0.2, 0) is 16.1 Å². The number of carbonyl (C=O) groups excluding carboxylic acids is 2. The van der Waals surface area contributed by atoms with Gasteiger partial charge in [-0.25, -0.2) is 9.59 Å². The Morgan fingerprint density at radius 3 is 2.46 bits per heavy atom. The molecule has 0 aliphatic carbocycles. The third-order valence-corrected chi connectivity index (χ3v) is 4.55. The highest BCUT2D eigenvalue weighted by atomic mass is 16.5. The average molecular weight is 379 g/mol. The van der Waals surface area contributed by atoms with Gasteiger partial charge in [-0.15, -0.1) is 0 Å². The van der Waals surface area contributed by atoms with Crippen molar-refractivity contribution in [2.75, 3.05) is 0 Å². The van der Waals surface area contributed by atoms with Gasteiger partial charge in [0.05, 0.1) is 0 Å². The zero-order valence-corrected chi connectivity index (χ0v) is 15.9. The number of aryl methyl sites for hydroxylation is 2. The van der Waals surface area contributed by atoms with Gasteiger partial charge in [-0.3, -0.25) is 4.79 Å². The molecule has 0 aliphatic heterocycles. The number of fused-ring (bicyclic) bond motifs is 1. The van der Waals surface area contributed by atoms with Crippen LogP contribution in [0.25, 0.3) is 11.0 Å². The predicted molar refractivity (Wildman–Crippen MR) is 105 cm³/mol. The largest absolute Gasteiger partial charge is 0.459 e. The summed E-state index contributed by atoms with van der Waals surface area (Å²) in [7, 11) is 0. The van der Waals surface area contributed by atoms with Gasteiger partial charge in [0.25, 0.3) is 5.91 Å². The Bertz CT molecular complexity index is 1090. The van der Waals surface area contributed by atoms with E-state index in [1.165, 1.54) is 6.07 Å². The molecular weight excluding hydrogens is 358 g/mol. The summed E-state index contributed by atoms with van der Waals surface area (Å²) in [6.45, 7) is 5.35. The SMILES string of the molecule is Cc1cc2oc(=O)cc(COC(=O)[C@H](C)NC(=O)c3ccccc3)c2cc1C.